The highest BCUT2D eigenvalue weighted by Gasteiger charge is 2.07. The molecule has 0 spiro atoms. The summed E-state index contributed by atoms with van der Waals surface area (Å²) in [7, 11) is 0. The van der Waals surface area contributed by atoms with Crippen LogP contribution in [0.1, 0.15) is 11.1 Å². The molecule has 2 N–H and O–H groups in total. The predicted molar refractivity (Wildman–Crippen MR) is 60.6 cm³/mol. The third-order valence-electron chi connectivity index (χ3n) is 2.39. The molecule has 0 aliphatic rings. The van der Waals surface area contributed by atoms with Gasteiger partial charge in [-0.25, -0.2) is 4.39 Å². The third-order valence-corrected chi connectivity index (χ3v) is 2.39. The largest absolute Gasteiger partial charge is 0.395 e. The molecule has 0 radical (unpaired) electrons. The van der Waals surface area contributed by atoms with E-state index in [0.29, 0.717) is 19.6 Å². The summed E-state index contributed by atoms with van der Waals surface area (Å²) in [5.74, 6) is -0.535. The first-order chi connectivity index (χ1) is 8.21. The van der Waals surface area contributed by atoms with E-state index in [1.54, 1.807) is 12.1 Å². The molecule has 0 saturated carbocycles. The molecule has 92 valence electrons. The molecular formula is C12H15FN2O2. The summed E-state index contributed by atoms with van der Waals surface area (Å²) in [5.41, 5.74) is 0.792. The molecule has 0 atom stereocenters. The second-order valence-electron chi connectivity index (χ2n) is 3.65. The van der Waals surface area contributed by atoms with Gasteiger partial charge in [0.1, 0.15) is 11.9 Å². The predicted octanol–water partition coefficient (Wildman–Crippen LogP) is 0.484. The van der Waals surface area contributed by atoms with Gasteiger partial charge in [-0.1, -0.05) is 6.07 Å². The van der Waals surface area contributed by atoms with Gasteiger partial charge in [-0.2, -0.15) is 5.26 Å². The van der Waals surface area contributed by atoms with Crippen molar-refractivity contribution in [3.05, 3.63) is 35.1 Å². The monoisotopic (exact) mass is 238 g/mol. The maximum absolute atomic E-state index is 13.1. The molecule has 0 heterocycles. The van der Waals surface area contributed by atoms with Crippen LogP contribution in [0.4, 0.5) is 4.39 Å². The summed E-state index contributed by atoms with van der Waals surface area (Å²) in [5, 5.41) is 26.4. The van der Waals surface area contributed by atoms with Gasteiger partial charge in [-0.3, -0.25) is 4.90 Å². The Morgan fingerprint density at radius 2 is 1.88 bits per heavy atom. The van der Waals surface area contributed by atoms with E-state index in [0.717, 1.165) is 5.56 Å². The van der Waals surface area contributed by atoms with E-state index in [1.165, 1.54) is 12.1 Å². The van der Waals surface area contributed by atoms with Crippen LogP contribution in [-0.4, -0.2) is 41.4 Å². The number of halogens is 1. The van der Waals surface area contributed by atoms with Crippen molar-refractivity contribution in [2.24, 2.45) is 0 Å². The first kappa shape index (κ1) is 13.6. The molecule has 1 rings (SSSR count). The van der Waals surface area contributed by atoms with E-state index < -0.39 is 5.82 Å². The molecule has 1 aromatic carbocycles. The highest BCUT2D eigenvalue weighted by atomic mass is 19.1. The lowest BCUT2D eigenvalue weighted by Crippen LogP contribution is -2.29. The first-order valence-corrected chi connectivity index (χ1v) is 5.34. The summed E-state index contributed by atoms with van der Waals surface area (Å²) in [6.07, 6.45) is 0. The zero-order valence-corrected chi connectivity index (χ0v) is 9.43. The molecule has 0 bridgehead atoms. The smallest absolute Gasteiger partial charge is 0.140 e. The topological polar surface area (TPSA) is 67.5 Å². The number of aliphatic hydroxyl groups is 2. The summed E-state index contributed by atoms with van der Waals surface area (Å²) in [4.78, 5) is 1.83. The average Bonchev–Trinajstić information content (AvgIpc) is 2.32. The van der Waals surface area contributed by atoms with Gasteiger partial charge >= 0.3 is 0 Å². The van der Waals surface area contributed by atoms with Gasteiger partial charge in [-0.15, -0.1) is 0 Å². The number of benzene rings is 1. The summed E-state index contributed by atoms with van der Waals surface area (Å²) < 4.78 is 13.1. The highest BCUT2D eigenvalue weighted by molar-refractivity contribution is 5.34. The zero-order chi connectivity index (χ0) is 12.7. The molecule has 0 aromatic heterocycles. The number of nitrogens with zero attached hydrogens (tertiary/aromatic N) is 2. The number of nitriles is 1. The van der Waals surface area contributed by atoms with Crippen molar-refractivity contribution in [3.63, 3.8) is 0 Å². The fourth-order valence-corrected chi connectivity index (χ4v) is 1.57. The summed E-state index contributed by atoms with van der Waals surface area (Å²) in [6, 6.07) is 6.11. The fourth-order valence-electron chi connectivity index (χ4n) is 1.57. The van der Waals surface area contributed by atoms with E-state index in [1.807, 2.05) is 4.90 Å². The minimum absolute atomic E-state index is 0.00764. The number of aliphatic hydroxyl groups excluding tert-OH is 2. The molecule has 5 heteroatoms. The van der Waals surface area contributed by atoms with E-state index in [9.17, 15) is 4.39 Å². The van der Waals surface area contributed by atoms with Crippen molar-refractivity contribution in [2.75, 3.05) is 26.3 Å². The Labute approximate surface area is 99.5 Å². The van der Waals surface area contributed by atoms with E-state index in [4.69, 9.17) is 15.5 Å². The first-order valence-electron chi connectivity index (χ1n) is 5.34. The Bertz CT molecular complexity index is 398. The second-order valence-corrected chi connectivity index (χ2v) is 3.65. The normalized spacial score (nSPS) is 10.5. The van der Waals surface area contributed by atoms with Crippen LogP contribution in [0.5, 0.6) is 0 Å². The highest BCUT2D eigenvalue weighted by Crippen LogP contribution is 2.11. The van der Waals surface area contributed by atoms with Gasteiger partial charge < -0.3 is 10.2 Å². The van der Waals surface area contributed by atoms with Crippen LogP contribution in [0.25, 0.3) is 0 Å². The standard InChI is InChI=1S/C12H15FN2O2/c13-12-2-1-10(7-11(12)8-14)9-15(3-5-16)4-6-17/h1-2,7,16-17H,3-6,9H2. The molecule has 0 amide bonds. The lowest BCUT2D eigenvalue weighted by molar-refractivity contribution is 0.156. The van der Waals surface area contributed by atoms with Gasteiger partial charge in [0.15, 0.2) is 0 Å². The van der Waals surface area contributed by atoms with Crippen LogP contribution in [0.15, 0.2) is 18.2 Å². The molecule has 17 heavy (non-hydrogen) atoms. The summed E-state index contributed by atoms with van der Waals surface area (Å²) >= 11 is 0. The second kappa shape index (κ2) is 6.97. The minimum atomic E-state index is -0.535. The van der Waals surface area contributed by atoms with Gasteiger partial charge in [0.25, 0.3) is 0 Å². The number of hydrogen-bond donors (Lipinski definition) is 2. The Morgan fingerprint density at radius 3 is 2.41 bits per heavy atom. The summed E-state index contributed by atoms with van der Waals surface area (Å²) in [6.45, 7) is 1.31. The van der Waals surface area contributed by atoms with Crippen LogP contribution < -0.4 is 0 Å². The molecular weight excluding hydrogens is 223 g/mol. The SMILES string of the molecule is N#Cc1cc(CN(CCO)CCO)ccc1F. The molecule has 0 fully saturated rings. The maximum Gasteiger partial charge on any atom is 0.140 e. The Balaban J connectivity index is 2.75. The van der Waals surface area contributed by atoms with E-state index in [-0.39, 0.29) is 18.8 Å². The Hall–Kier alpha value is -1.48. The Kier molecular flexibility index (Phi) is 5.57. The zero-order valence-electron chi connectivity index (χ0n) is 9.43. The quantitative estimate of drug-likeness (QED) is 0.756. The van der Waals surface area contributed by atoms with Crippen LogP contribution in [0.3, 0.4) is 0 Å². The Morgan fingerprint density at radius 1 is 1.24 bits per heavy atom. The molecule has 0 unspecified atom stereocenters. The lowest BCUT2D eigenvalue weighted by atomic mass is 10.1. The van der Waals surface area contributed by atoms with Crippen LogP contribution in [0, 0.1) is 17.1 Å². The minimum Gasteiger partial charge on any atom is -0.395 e. The molecule has 0 saturated heterocycles. The third kappa shape index (κ3) is 4.11. The molecule has 0 aliphatic heterocycles. The van der Waals surface area contributed by atoms with Crippen molar-refractivity contribution in [3.8, 4) is 6.07 Å². The van der Waals surface area contributed by atoms with Gasteiger partial charge in [0, 0.05) is 19.6 Å². The van der Waals surface area contributed by atoms with E-state index in [2.05, 4.69) is 0 Å². The number of hydrogen-bond acceptors (Lipinski definition) is 4. The van der Waals surface area contributed by atoms with Crippen molar-refractivity contribution < 1.29 is 14.6 Å². The van der Waals surface area contributed by atoms with Crippen molar-refractivity contribution >= 4 is 0 Å². The maximum atomic E-state index is 13.1. The van der Waals surface area contributed by atoms with Gasteiger partial charge in [-0.05, 0) is 17.7 Å². The molecule has 4 nitrogen and oxygen atoms in total. The average molecular weight is 238 g/mol. The van der Waals surface area contributed by atoms with Crippen LogP contribution in [0.2, 0.25) is 0 Å². The van der Waals surface area contributed by atoms with Crippen molar-refractivity contribution in [2.45, 2.75) is 6.54 Å². The van der Waals surface area contributed by atoms with Gasteiger partial charge in [0.2, 0.25) is 0 Å². The molecule has 1 aromatic rings. The van der Waals surface area contributed by atoms with Crippen molar-refractivity contribution in [1.29, 1.82) is 5.26 Å². The number of rotatable bonds is 6. The fraction of sp³-hybridized carbons (Fsp3) is 0.417. The van der Waals surface area contributed by atoms with Crippen LogP contribution in [-0.2, 0) is 6.54 Å². The van der Waals surface area contributed by atoms with Crippen LogP contribution >= 0.6 is 0 Å². The van der Waals surface area contributed by atoms with Gasteiger partial charge in [0.05, 0.1) is 18.8 Å². The van der Waals surface area contributed by atoms with E-state index >= 15 is 0 Å². The molecule has 0 aliphatic carbocycles. The lowest BCUT2D eigenvalue weighted by Gasteiger charge is -2.20. The van der Waals surface area contributed by atoms with Crippen molar-refractivity contribution in [1.82, 2.24) is 4.90 Å².